The number of amides is 1. The molecule has 0 atom stereocenters. The minimum atomic E-state index is -0.729. The van der Waals surface area contributed by atoms with E-state index in [-0.39, 0.29) is 94.3 Å². The van der Waals surface area contributed by atoms with E-state index in [0.29, 0.717) is 37.1 Å². The van der Waals surface area contributed by atoms with Crippen LogP contribution in [0.25, 0.3) is 22.2 Å². The summed E-state index contributed by atoms with van der Waals surface area (Å²) in [7, 11) is 0. The van der Waals surface area contributed by atoms with Crippen LogP contribution in [0.15, 0.2) is 89.5 Å². The Bertz CT molecular complexity index is 3150. The number of nitrogen functional groups attached to an aromatic ring is 1. The van der Waals surface area contributed by atoms with Gasteiger partial charge in [0.2, 0.25) is 11.5 Å². The maximum absolute atomic E-state index is 11.9. The third-order valence-electron chi connectivity index (χ3n) is 7.88. The zero-order valence-electron chi connectivity index (χ0n) is 37.9. The fourth-order valence-corrected chi connectivity index (χ4v) is 6.02. The maximum atomic E-state index is 11.9. The molecule has 0 radical (unpaired) electrons. The number of nitrogens with zero attached hydrogens (tertiary/aromatic N) is 8. The van der Waals surface area contributed by atoms with E-state index in [2.05, 4.69) is 82.8 Å². The van der Waals surface area contributed by atoms with Gasteiger partial charge in [-0.1, -0.05) is 11.6 Å². The number of hydrogen-bond acceptors (Lipinski definition) is 22. The van der Waals surface area contributed by atoms with E-state index in [1.54, 1.807) is 82.3 Å². The minimum absolute atomic E-state index is 0.00227. The zero-order valence-corrected chi connectivity index (χ0v) is 43.5. The van der Waals surface area contributed by atoms with E-state index in [9.17, 15) is 19.2 Å². The number of carbonyl (C=O) groups excluding carboxylic acids is 4. The highest BCUT2D eigenvalue weighted by Gasteiger charge is 2.25. The van der Waals surface area contributed by atoms with Gasteiger partial charge >= 0.3 is 24.0 Å². The molecule has 7 aromatic rings. The Hall–Kier alpha value is -8.09. The zero-order chi connectivity index (χ0) is 53.3. The average molecular weight is 1200 g/mol. The van der Waals surface area contributed by atoms with Crippen molar-refractivity contribution in [1.82, 2.24) is 24.9 Å². The van der Waals surface area contributed by atoms with Gasteiger partial charge in [-0.15, -0.1) is 0 Å². The lowest BCUT2D eigenvalue weighted by molar-refractivity contribution is -0.145. The lowest BCUT2D eigenvalue weighted by Crippen LogP contribution is -2.16. The van der Waals surface area contributed by atoms with Crippen molar-refractivity contribution in [1.29, 1.82) is 15.8 Å². The highest BCUT2D eigenvalue weighted by molar-refractivity contribution is 9.11. The van der Waals surface area contributed by atoms with Crippen LogP contribution < -0.4 is 15.8 Å². The summed E-state index contributed by atoms with van der Waals surface area (Å²) in [4.78, 5) is 65.3. The number of nitriles is 3. The molecule has 0 fully saturated rings. The summed E-state index contributed by atoms with van der Waals surface area (Å²) in [6.45, 7) is 7.44. The molecule has 5 N–H and O–H groups in total. The van der Waals surface area contributed by atoms with Gasteiger partial charge in [-0.25, -0.2) is 44.1 Å². The van der Waals surface area contributed by atoms with Crippen LogP contribution in [0.1, 0.15) is 65.9 Å². The Kier molecular flexibility index (Phi) is 24.1. The molecular weight excluding hydrogens is 1160 g/mol. The van der Waals surface area contributed by atoms with Crippen molar-refractivity contribution in [2.75, 3.05) is 44.1 Å². The Morgan fingerprint density at radius 2 is 1.19 bits per heavy atom. The first-order valence-corrected chi connectivity index (χ1v) is 23.1. The number of halogens is 4. The molecule has 7 aromatic heterocycles. The average Bonchev–Trinajstić information content (AvgIpc) is 3.88. The molecule has 0 bridgehead atoms. The number of hydrogen-bond donors (Lipinski definition) is 4. The monoisotopic (exact) mass is 1200 g/mol. The van der Waals surface area contributed by atoms with Gasteiger partial charge in [-0.3, -0.25) is 5.32 Å². The molecule has 0 saturated carbocycles. The van der Waals surface area contributed by atoms with Gasteiger partial charge in [-0.05, 0) is 136 Å². The second-order valence-corrected chi connectivity index (χ2v) is 15.5. The standard InChI is InChI=1S/C13H13ClN2O5.2C10H9BrN2O3.C6H3BrN2O.C6H4N2O/c1-3-19-12(17)11-10(16-13(18)20-4-2)9-7(21-11)5-6-8(14)15-9;1-2-15-10(14)9-7(12)8-5(16-9)3-4-6(11)13-8;1-2-15-10(14)6-16-8-3-4-9(11)13-7(8)5-12;7-6-2-1-5(10)4(3-8)9-6;7-4-5-6(9)2-1-3-8-5/h5-6H,3-4H2,1-2H3,(H,16,18);3-4H,2,12H2,1H3;3-4H,2,6H2,1H3;1-2,10H;1-3,9H. The number of furan rings is 2. The fourth-order valence-electron chi connectivity index (χ4n) is 4.95. The van der Waals surface area contributed by atoms with Crippen LogP contribution in [-0.2, 0) is 23.7 Å². The third kappa shape index (κ3) is 17.7. The van der Waals surface area contributed by atoms with Crippen LogP contribution in [0.4, 0.5) is 16.2 Å². The van der Waals surface area contributed by atoms with Gasteiger partial charge in [0.05, 0.1) is 26.4 Å². The van der Waals surface area contributed by atoms with Crippen LogP contribution >= 0.6 is 59.4 Å². The molecule has 0 spiro atoms. The molecule has 0 aromatic carbocycles. The van der Waals surface area contributed by atoms with Crippen LogP contribution in [0.5, 0.6) is 17.2 Å². The van der Waals surface area contributed by atoms with Gasteiger partial charge in [0.1, 0.15) is 59.6 Å². The van der Waals surface area contributed by atoms with E-state index >= 15 is 0 Å². The lowest BCUT2D eigenvalue weighted by Gasteiger charge is -2.06. The van der Waals surface area contributed by atoms with Gasteiger partial charge in [-0.2, -0.15) is 15.8 Å². The van der Waals surface area contributed by atoms with Crippen LogP contribution in [-0.4, -0.2) is 92.2 Å². The summed E-state index contributed by atoms with van der Waals surface area (Å²) >= 11 is 15.2. The third-order valence-corrected chi connectivity index (χ3v) is 9.41. The van der Waals surface area contributed by atoms with E-state index in [4.69, 9.17) is 71.1 Å². The maximum Gasteiger partial charge on any atom is 0.411 e. The van der Waals surface area contributed by atoms with Gasteiger partial charge in [0.25, 0.3) is 0 Å². The summed E-state index contributed by atoms with van der Waals surface area (Å²) in [6, 6.07) is 21.0. The van der Waals surface area contributed by atoms with Crippen molar-refractivity contribution >= 4 is 117 Å². The number of esters is 3. The summed E-state index contributed by atoms with van der Waals surface area (Å²) < 4.78 is 36.7. The van der Waals surface area contributed by atoms with Crippen LogP contribution in [0.3, 0.4) is 0 Å². The van der Waals surface area contributed by atoms with E-state index in [1.165, 1.54) is 24.4 Å². The first kappa shape index (κ1) is 58.2. The SMILES string of the molecule is CCOC(=O)COc1ccc(Br)nc1C#N.CCOC(=O)Nc1c(C(=O)OCC)oc2ccc(Cl)nc12.CCOC(=O)c1oc2ccc(Br)nc2c1N.N#Cc1nc(Br)ccc1O.N#Cc1ncccc1O. The van der Waals surface area contributed by atoms with Crippen LogP contribution in [0, 0.1) is 34.0 Å². The number of rotatable bonds is 10. The number of nitrogens with two attached hydrogens (primary N) is 1. The Labute approximate surface area is 438 Å². The topological polar surface area (TPSA) is 355 Å². The summed E-state index contributed by atoms with van der Waals surface area (Å²) in [5.41, 5.74) is 7.73. The second-order valence-electron chi connectivity index (χ2n) is 12.7. The smallest absolute Gasteiger partial charge is 0.411 e. The van der Waals surface area contributed by atoms with E-state index in [1.807, 2.05) is 6.07 Å². The summed E-state index contributed by atoms with van der Waals surface area (Å²) in [5.74, 6) is -1.82. The summed E-state index contributed by atoms with van der Waals surface area (Å²) in [6.07, 6.45) is 0.727. The molecule has 72 heavy (non-hydrogen) atoms. The first-order valence-electron chi connectivity index (χ1n) is 20.3. The number of pyridine rings is 5. The highest BCUT2D eigenvalue weighted by Crippen LogP contribution is 2.32. The first-order chi connectivity index (χ1) is 34.4. The molecule has 7 rings (SSSR count). The number of carbonyl (C=O) groups is 4. The number of anilines is 2. The van der Waals surface area contributed by atoms with Gasteiger partial charge in [0.15, 0.2) is 52.1 Å². The molecule has 374 valence electrons. The second kappa shape index (κ2) is 29.8. The van der Waals surface area contributed by atoms with Crippen molar-refractivity contribution < 1.29 is 61.9 Å². The summed E-state index contributed by atoms with van der Waals surface area (Å²) in [5, 5.41) is 45.8. The molecule has 0 aliphatic heterocycles. The lowest BCUT2D eigenvalue weighted by atomic mass is 10.3. The van der Waals surface area contributed by atoms with Crippen molar-refractivity contribution in [3.05, 3.63) is 114 Å². The number of ether oxygens (including phenoxy) is 5. The number of aromatic hydroxyl groups is 2. The predicted molar refractivity (Wildman–Crippen MR) is 265 cm³/mol. The molecular formula is C45H38Br3ClN10O13. The normalized spacial score (nSPS) is 9.74. The minimum Gasteiger partial charge on any atom is -0.505 e. The quantitative estimate of drug-likeness (QED) is 0.0562. The number of fused-ring (bicyclic) bond motifs is 2. The number of nitrogens with one attached hydrogen (secondary N) is 1. The Morgan fingerprint density at radius 3 is 1.78 bits per heavy atom. The largest absolute Gasteiger partial charge is 0.505 e. The van der Waals surface area contributed by atoms with Gasteiger partial charge in [0, 0.05) is 6.20 Å². The molecule has 1 amide bonds. The number of aromatic nitrogens is 5. The molecule has 23 nitrogen and oxygen atoms in total. The fraction of sp³-hybridized carbons (Fsp3) is 0.200. The molecule has 0 aliphatic carbocycles. The van der Waals surface area contributed by atoms with Crippen molar-refractivity contribution in [3.8, 4) is 35.5 Å². The van der Waals surface area contributed by atoms with Gasteiger partial charge < -0.3 is 48.5 Å². The molecule has 7 heterocycles. The molecule has 0 saturated heterocycles. The van der Waals surface area contributed by atoms with E-state index in [0.717, 1.165) is 0 Å². The van der Waals surface area contributed by atoms with E-state index < -0.39 is 24.0 Å². The molecule has 0 unspecified atom stereocenters. The molecule has 0 aliphatic rings. The van der Waals surface area contributed by atoms with Crippen molar-refractivity contribution in [3.63, 3.8) is 0 Å². The Balaban J connectivity index is 0.000000245. The molecule has 27 heteroatoms. The van der Waals surface area contributed by atoms with Crippen molar-refractivity contribution in [2.24, 2.45) is 0 Å². The predicted octanol–water partition coefficient (Wildman–Crippen LogP) is 9.31. The van der Waals surface area contributed by atoms with Crippen molar-refractivity contribution in [2.45, 2.75) is 27.7 Å². The van der Waals surface area contributed by atoms with Crippen LogP contribution in [0.2, 0.25) is 5.15 Å². The highest BCUT2D eigenvalue weighted by atomic mass is 79.9. The Morgan fingerprint density at radius 1 is 0.667 bits per heavy atom.